The molecule has 0 saturated carbocycles. The summed E-state index contributed by atoms with van der Waals surface area (Å²) >= 11 is 0. The third-order valence-electron chi connectivity index (χ3n) is 2.69. The molecule has 2 nitrogen and oxygen atoms in total. The number of nitrogens with one attached hydrogen (secondary N) is 1. The maximum absolute atomic E-state index is 12.8. The minimum absolute atomic E-state index is 0.101. The van der Waals surface area contributed by atoms with Crippen molar-refractivity contribution in [2.75, 3.05) is 20.1 Å². The van der Waals surface area contributed by atoms with Gasteiger partial charge < -0.3 is 10.2 Å². The largest absolute Gasteiger partial charge is 0.311 e. The molecule has 0 aliphatic rings. The second kappa shape index (κ2) is 6.12. The van der Waals surface area contributed by atoms with Crippen LogP contribution in [0.15, 0.2) is 24.3 Å². The summed E-state index contributed by atoms with van der Waals surface area (Å²) in [7, 11) is 2.09. The molecular weight excluding hydrogens is 215 g/mol. The molecular formula is C14H23FN2. The number of likely N-dealkylation sites (N-methyl/N-ethyl adjacent to an activating group) is 2. The molecule has 0 atom stereocenters. The minimum atomic E-state index is -0.176. The Bertz CT molecular complexity index is 333. The first kappa shape index (κ1) is 14.1. The first-order valence-electron chi connectivity index (χ1n) is 6.11. The van der Waals surface area contributed by atoms with Gasteiger partial charge in [-0.2, -0.15) is 0 Å². The monoisotopic (exact) mass is 238 g/mol. The number of hydrogen-bond donors (Lipinski definition) is 1. The molecule has 0 aliphatic heterocycles. The fourth-order valence-corrected chi connectivity index (χ4v) is 2.17. The average molecular weight is 238 g/mol. The van der Waals surface area contributed by atoms with Crippen LogP contribution in [0.1, 0.15) is 26.3 Å². The summed E-state index contributed by atoms with van der Waals surface area (Å²) in [5.74, 6) is -0.176. The van der Waals surface area contributed by atoms with E-state index in [9.17, 15) is 4.39 Å². The zero-order valence-electron chi connectivity index (χ0n) is 11.3. The van der Waals surface area contributed by atoms with E-state index in [0.717, 1.165) is 25.2 Å². The first-order valence-corrected chi connectivity index (χ1v) is 6.11. The Balaban J connectivity index is 2.49. The van der Waals surface area contributed by atoms with Crippen LogP contribution >= 0.6 is 0 Å². The molecule has 3 heteroatoms. The topological polar surface area (TPSA) is 15.3 Å². The van der Waals surface area contributed by atoms with Crippen molar-refractivity contribution >= 4 is 0 Å². The highest BCUT2D eigenvalue weighted by Crippen LogP contribution is 2.09. The smallest absolute Gasteiger partial charge is 0.123 e. The maximum atomic E-state index is 12.8. The van der Waals surface area contributed by atoms with Gasteiger partial charge in [0.1, 0.15) is 5.82 Å². The molecule has 1 N–H and O–H groups in total. The minimum Gasteiger partial charge on any atom is -0.311 e. The van der Waals surface area contributed by atoms with E-state index < -0.39 is 0 Å². The van der Waals surface area contributed by atoms with E-state index >= 15 is 0 Å². The summed E-state index contributed by atoms with van der Waals surface area (Å²) < 4.78 is 12.8. The van der Waals surface area contributed by atoms with Gasteiger partial charge in [0.15, 0.2) is 0 Å². The number of rotatable bonds is 6. The normalized spacial score (nSPS) is 12.1. The molecule has 0 bridgehead atoms. The Morgan fingerprint density at radius 3 is 2.35 bits per heavy atom. The summed E-state index contributed by atoms with van der Waals surface area (Å²) in [5.41, 5.74) is 1.24. The van der Waals surface area contributed by atoms with Crippen LogP contribution in [0.5, 0.6) is 0 Å². The second-order valence-corrected chi connectivity index (χ2v) is 5.21. The molecule has 0 heterocycles. The van der Waals surface area contributed by atoms with Crippen LogP contribution in [0.25, 0.3) is 0 Å². The van der Waals surface area contributed by atoms with E-state index in [1.807, 2.05) is 12.1 Å². The molecule has 0 amide bonds. The Hall–Kier alpha value is -0.930. The molecule has 1 rings (SSSR count). The summed E-state index contributed by atoms with van der Waals surface area (Å²) in [6.45, 7) is 9.27. The summed E-state index contributed by atoms with van der Waals surface area (Å²) in [5, 5.41) is 3.45. The highest BCUT2D eigenvalue weighted by molar-refractivity contribution is 5.15. The molecule has 0 aromatic heterocycles. The summed E-state index contributed by atoms with van der Waals surface area (Å²) in [6.07, 6.45) is 0. The van der Waals surface area contributed by atoms with Gasteiger partial charge in [0, 0.05) is 18.6 Å². The molecule has 0 radical (unpaired) electrons. The fourth-order valence-electron chi connectivity index (χ4n) is 2.17. The second-order valence-electron chi connectivity index (χ2n) is 5.21. The van der Waals surface area contributed by atoms with E-state index in [1.165, 1.54) is 12.1 Å². The molecule has 96 valence electrons. The fraction of sp³-hybridized carbons (Fsp3) is 0.571. The van der Waals surface area contributed by atoms with Gasteiger partial charge in [-0.25, -0.2) is 4.39 Å². The van der Waals surface area contributed by atoms with Crippen molar-refractivity contribution in [3.05, 3.63) is 35.6 Å². The Morgan fingerprint density at radius 1 is 1.24 bits per heavy atom. The lowest BCUT2D eigenvalue weighted by atomic mass is 10.0. The van der Waals surface area contributed by atoms with Crippen molar-refractivity contribution in [2.45, 2.75) is 32.9 Å². The van der Waals surface area contributed by atoms with Crippen LogP contribution in [0.3, 0.4) is 0 Å². The third kappa shape index (κ3) is 5.29. The van der Waals surface area contributed by atoms with E-state index in [1.54, 1.807) is 0 Å². The van der Waals surface area contributed by atoms with Crippen LogP contribution in [0.2, 0.25) is 0 Å². The highest BCUT2D eigenvalue weighted by atomic mass is 19.1. The molecule has 1 aromatic rings. The van der Waals surface area contributed by atoms with Crippen LogP contribution in [0, 0.1) is 5.82 Å². The molecule has 0 saturated heterocycles. The summed E-state index contributed by atoms with van der Waals surface area (Å²) in [4.78, 5) is 2.25. The average Bonchev–Trinajstić information content (AvgIpc) is 2.20. The van der Waals surface area contributed by atoms with Gasteiger partial charge in [0.2, 0.25) is 0 Å². The standard InChI is InChI=1S/C14H23FN2/c1-5-16-14(2,3)11-17(4)10-12-6-8-13(15)9-7-12/h6-9,16H,5,10-11H2,1-4H3. The lowest BCUT2D eigenvalue weighted by molar-refractivity contribution is 0.231. The van der Waals surface area contributed by atoms with Gasteiger partial charge in [-0.1, -0.05) is 19.1 Å². The van der Waals surface area contributed by atoms with Crippen LogP contribution < -0.4 is 5.32 Å². The van der Waals surface area contributed by atoms with Gasteiger partial charge in [0.05, 0.1) is 0 Å². The van der Waals surface area contributed by atoms with Gasteiger partial charge in [-0.3, -0.25) is 0 Å². The van der Waals surface area contributed by atoms with E-state index in [0.29, 0.717) is 0 Å². The van der Waals surface area contributed by atoms with E-state index in [2.05, 4.69) is 38.0 Å². The van der Waals surface area contributed by atoms with Gasteiger partial charge in [0.25, 0.3) is 0 Å². The summed E-state index contributed by atoms with van der Waals surface area (Å²) in [6, 6.07) is 6.70. The molecule has 0 spiro atoms. The highest BCUT2D eigenvalue weighted by Gasteiger charge is 2.18. The lowest BCUT2D eigenvalue weighted by Gasteiger charge is -2.31. The number of nitrogens with zero attached hydrogens (tertiary/aromatic N) is 1. The molecule has 17 heavy (non-hydrogen) atoms. The third-order valence-corrected chi connectivity index (χ3v) is 2.69. The molecule has 0 fully saturated rings. The molecule has 0 aliphatic carbocycles. The predicted octanol–water partition coefficient (Wildman–Crippen LogP) is 2.65. The first-order chi connectivity index (χ1) is 7.93. The van der Waals surface area contributed by atoms with Crippen LogP contribution in [-0.2, 0) is 6.54 Å². The molecule has 1 aromatic carbocycles. The number of hydrogen-bond acceptors (Lipinski definition) is 2. The quantitative estimate of drug-likeness (QED) is 0.819. The van der Waals surface area contributed by atoms with Crippen molar-refractivity contribution in [3.63, 3.8) is 0 Å². The SMILES string of the molecule is CCNC(C)(C)CN(C)Cc1ccc(F)cc1. The molecule has 0 unspecified atom stereocenters. The van der Waals surface area contributed by atoms with Crippen molar-refractivity contribution in [1.29, 1.82) is 0 Å². The zero-order valence-corrected chi connectivity index (χ0v) is 11.3. The van der Waals surface area contributed by atoms with Crippen LogP contribution in [0.4, 0.5) is 4.39 Å². The van der Waals surface area contributed by atoms with Crippen molar-refractivity contribution in [3.8, 4) is 0 Å². The Labute approximate surface area is 104 Å². The zero-order chi connectivity index (χ0) is 12.9. The number of benzene rings is 1. The number of halogens is 1. The predicted molar refractivity (Wildman–Crippen MR) is 70.5 cm³/mol. The Kier molecular flexibility index (Phi) is 5.09. The van der Waals surface area contributed by atoms with Gasteiger partial charge >= 0.3 is 0 Å². The van der Waals surface area contributed by atoms with E-state index in [-0.39, 0.29) is 11.4 Å². The lowest BCUT2D eigenvalue weighted by Crippen LogP contribution is -2.47. The van der Waals surface area contributed by atoms with Crippen molar-refractivity contribution < 1.29 is 4.39 Å². The van der Waals surface area contributed by atoms with Crippen LogP contribution in [-0.4, -0.2) is 30.6 Å². The van der Waals surface area contributed by atoms with Crippen molar-refractivity contribution in [2.24, 2.45) is 0 Å². The van der Waals surface area contributed by atoms with Gasteiger partial charge in [-0.15, -0.1) is 0 Å². The maximum Gasteiger partial charge on any atom is 0.123 e. The van der Waals surface area contributed by atoms with Crippen molar-refractivity contribution in [1.82, 2.24) is 10.2 Å². The van der Waals surface area contributed by atoms with Gasteiger partial charge in [-0.05, 0) is 45.1 Å². The Morgan fingerprint density at radius 2 is 1.82 bits per heavy atom. The van der Waals surface area contributed by atoms with E-state index in [4.69, 9.17) is 0 Å².